The van der Waals surface area contributed by atoms with Crippen molar-refractivity contribution in [1.82, 2.24) is 9.78 Å². The van der Waals surface area contributed by atoms with Gasteiger partial charge in [-0.15, -0.1) is 0 Å². The molecule has 0 radical (unpaired) electrons. The molecule has 0 spiro atoms. The van der Waals surface area contributed by atoms with Gasteiger partial charge < -0.3 is 5.73 Å². The predicted molar refractivity (Wildman–Crippen MR) is 80.2 cm³/mol. The third kappa shape index (κ3) is 2.67. The van der Waals surface area contributed by atoms with Crippen molar-refractivity contribution < 1.29 is 0 Å². The number of benzene rings is 1. The van der Waals surface area contributed by atoms with Crippen LogP contribution >= 0.6 is 11.6 Å². The van der Waals surface area contributed by atoms with E-state index in [-0.39, 0.29) is 0 Å². The number of hydrogen-bond acceptors (Lipinski definition) is 2. The second-order valence-corrected chi connectivity index (χ2v) is 5.16. The lowest BCUT2D eigenvalue weighted by Gasteiger charge is -2.11. The average molecular weight is 278 g/mol. The Balaban J connectivity index is 2.60. The van der Waals surface area contributed by atoms with E-state index >= 15 is 0 Å². The Kier molecular flexibility index (Phi) is 4.27. The highest BCUT2D eigenvalue weighted by atomic mass is 35.5. The predicted octanol–water partition coefficient (Wildman–Crippen LogP) is 3.21. The van der Waals surface area contributed by atoms with Gasteiger partial charge in [0.2, 0.25) is 0 Å². The fourth-order valence-electron chi connectivity index (χ4n) is 2.52. The van der Waals surface area contributed by atoms with Crippen LogP contribution in [-0.4, -0.2) is 16.3 Å². The monoisotopic (exact) mass is 277 g/mol. The summed E-state index contributed by atoms with van der Waals surface area (Å²) >= 11 is 6.13. The number of aryl methyl sites for hydroxylation is 1. The van der Waals surface area contributed by atoms with Crippen LogP contribution < -0.4 is 5.73 Å². The van der Waals surface area contributed by atoms with Crippen LogP contribution in [0.25, 0.3) is 5.69 Å². The van der Waals surface area contributed by atoms with Gasteiger partial charge in [0, 0.05) is 10.7 Å². The Hall–Kier alpha value is -1.32. The highest BCUT2D eigenvalue weighted by Crippen LogP contribution is 2.24. The largest absolute Gasteiger partial charge is 0.330 e. The van der Waals surface area contributed by atoms with Crippen molar-refractivity contribution in [3.63, 3.8) is 0 Å². The molecule has 0 aliphatic rings. The molecule has 0 atom stereocenters. The smallest absolute Gasteiger partial charge is 0.0696 e. The van der Waals surface area contributed by atoms with Gasteiger partial charge in [-0.2, -0.15) is 5.10 Å². The Morgan fingerprint density at radius 2 is 2.05 bits per heavy atom. The van der Waals surface area contributed by atoms with E-state index in [1.54, 1.807) is 0 Å². The lowest BCUT2D eigenvalue weighted by Crippen LogP contribution is -2.09. The summed E-state index contributed by atoms with van der Waals surface area (Å²) in [6.07, 6.45) is 1.82. The molecule has 3 nitrogen and oxygen atoms in total. The quantitative estimate of drug-likeness (QED) is 0.933. The standard InChI is InChI=1S/C15H20ClN3/c1-4-14-10(2)18-19(11(14)3)15-9-13(16)6-5-12(15)7-8-17/h5-6,9H,4,7-8,17H2,1-3H3. The van der Waals surface area contributed by atoms with Gasteiger partial charge in [0.25, 0.3) is 0 Å². The summed E-state index contributed by atoms with van der Waals surface area (Å²) in [6, 6.07) is 5.90. The van der Waals surface area contributed by atoms with Gasteiger partial charge in [0.1, 0.15) is 0 Å². The summed E-state index contributed by atoms with van der Waals surface area (Å²) in [5, 5.41) is 5.38. The van der Waals surface area contributed by atoms with E-state index in [1.165, 1.54) is 16.8 Å². The van der Waals surface area contributed by atoms with Crippen LogP contribution in [0.1, 0.15) is 29.4 Å². The molecule has 2 rings (SSSR count). The summed E-state index contributed by atoms with van der Waals surface area (Å²) in [6.45, 7) is 6.93. The molecule has 0 fully saturated rings. The molecule has 19 heavy (non-hydrogen) atoms. The number of halogens is 1. The van der Waals surface area contributed by atoms with Crippen LogP contribution in [0.4, 0.5) is 0 Å². The Bertz CT molecular complexity index is 587. The molecular formula is C15H20ClN3. The van der Waals surface area contributed by atoms with Gasteiger partial charge in [-0.05, 0) is 56.5 Å². The maximum atomic E-state index is 6.13. The van der Waals surface area contributed by atoms with Crippen LogP contribution in [0.15, 0.2) is 18.2 Å². The molecule has 0 saturated carbocycles. The van der Waals surface area contributed by atoms with E-state index in [9.17, 15) is 0 Å². The van der Waals surface area contributed by atoms with Gasteiger partial charge in [0.05, 0.1) is 11.4 Å². The molecule has 1 heterocycles. The van der Waals surface area contributed by atoms with Crippen molar-refractivity contribution in [1.29, 1.82) is 0 Å². The minimum Gasteiger partial charge on any atom is -0.330 e. The minimum absolute atomic E-state index is 0.620. The normalized spacial score (nSPS) is 11.0. The fraction of sp³-hybridized carbons (Fsp3) is 0.400. The van der Waals surface area contributed by atoms with Crippen LogP contribution in [0, 0.1) is 13.8 Å². The van der Waals surface area contributed by atoms with Crippen LogP contribution in [0.3, 0.4) is 0 Å². The van der Waals surface area contributed by atoms with Gasteiger partial charge in [-0.1, -0.05) is 24.6 Å². The molecule has 102 valence electrons. The zero-order valence-electron chi connectivity index (χ0n) is 11.7. The lowest BCUT2D eigenvalue weighted by atomic mass is 10.1. The van der Waals surface area contributed by atoms with Crippen molar-refractivity contribution in [3.8, 4) is 5.69 Å². The molecule has 0 saturated heterocycles. The number of nitrogens with two attached hydrogens (primary N) is 1. The maximum absolute atomic E-state index is 6.13. The molecule has 2 N–H and O–H groups in total. The molecule has 0 bridgehead atoms. The highest BCUT2D eigenvalue weighted by Gasteiger charge is 2.14. The van der Waals surface area contributed by atoms with Crippen molar-refractivity contribution >= 4 is 11.6 Å². The second-order valence-electron chi connectivity index (χ2n) is 4.73. The molecular weight excluding hydrogens is 258 g/mol. The summed E-state index contributed by atoms with van der Waals surface area (Å²) in [5.74, 6) is 0. The van der Waals surface area contributed by atoms with Gasteiger partial charge in [-0.3, -0.25) is 0 Å². The van der Waals surface area contributed by atoms with E-state index in [4.69, 9.17) is 17.3 Å². The number of aromatic nitrogens is 2. The Labute approximate surface area is 119 Å². The molecule has 1 aromatic carbocycles. The van der Waals surface area contributed by atoms with Crippen molar-refractivity contribution in [2.45, 2.75) is 33.6 Å². The number of hydrogen-bond donors (Lipinski definition) is 1. The second kappa shape index (κ2) is 5.76. The highest BCUT2D eigenvalue weighted by molar-refractivity contribution is 6.30. The van der Waals surface area contributed by atoms with E-state index < -0.39 is 0 Å². The first-order chi connectivity index (χ1) is 9.08. The fourth-order valence-corrected chi connectivity index (χ4v) is 2.69. The van der Waals surface area contributed by atoms with E-state index in [0.717, 1.165) is 29.2 Å². The number of nitrogens with zero attached hydrogens (tertiary/aromatic N) is 2. The average Bonchev–Trinajstić information content (AvgIpc) is 2.67. The number of rotatable bonds is 4. The zero-order valence-corrected chi connectivity index (χ0v) is 12.5. The van der Waals surface area contributed by atoms with E-state index in [2.05, 4.69) is 25.9 Å². The third-order valence-corrected chi connectivity index (χ3v) is 3.72. The third-order valence-electron chi connectivity index (χ3n) is 3.48. The van der Waals surface area contributed by atoms with Crippen molar-refractivity contribution in [2.75, 3.05) is 6.54 Å². The van der Waals surface area contributed by atoms with Crippen molar-refractivity contribution in [3.05, 3.63) is 45.7 Å². The SMILES string of the molecule is CCc1c(C)nn(-c2cc(Cl)ccc2CCN)c1C. The van der Waals surface area contributed by atoms with Gasteiger partial charge >= 0.3 is 0 Å². The van der Waals surface area contributed by atoms with E-state index in [0.29, 0.717) is 6.54 Å². The van der Waals surface area contributed by atoms with Crippen LogP contribution in [0.5, 0.6) is 0 Å². The van der Waals surface area contributed by atoms with Crippen molar-refractivity contribution in [2.24, 2.45) is 5.73 Å². The topological polar surface area (TPSA) is 43.8 Å². The summed E-state index contributed by atoms with van der Waals surface area (Å²) in [4.78, 5) is 0. The minimum atomic E-state index is 0.620. The molecule has 0 unspecified atom stereocenters. The first kappa shape index (κ1) is 14.1. The molecule has 0 amide bonds. The van der Waals surface area contributed by atoms with Crippen LogP contribution in [-0.2, 0) is 12.8 Å². The summed E-state index contributed by atoms with van der Waals surface area (Å²) < 4.78 is 1.99. The molecule has 0 aliphatic carbocycles. The molecule has 0 aliphatic heterocycles. The maximum Gasteiger partial charge on any atom is 0.0696 e. The Morgan fingerprint density at radius 1 is 1.32 bits per heavy atom. The van der Waals surface area contributed by atoms with Crippen LogP contribution in [0.2, 0.25) is 5.02 Å². The first-order valence-corrected chi connectivity index (χ1v) is 7.00. The molecule has 1 aromatic heterocycles. The van der Waals surface area contributed by atoms with Gasteiger partial charge in [0.15, 0.2) is 0 Å². The van der Waals surface area contributed by atoms with E-state index in [1.807, 2.05) is 22.9 Å². The lowest BCUT2D eigenvalue weighted by molar-refractivity contribution is 0.813. The van der Waals surface area contributed by atoms with Gasteiger partial charge in [-0.25, -0.2) is 4.68 Å². The summed E-state index contributed by atoms with van der Waals surface area (Å²) in [7, 11) is 0. The zero-order chi connectivity index (χ0) is 14.0. The summed E-state index contributed by atoms with van der Waals surface area (Å²) in [5.41, 5.74) is 11.5. The Morgan fingerprint density at radius 3 is 2.63 bits per heavy atom. The molecule has 4 heteroatoms. The molecule has 2 aromatic rings. The first-order valence-electron chi connectivity index (χ1n) is 6.62.